The summed E-state index contributed by atoms with van der Waals surface area (Å²) in [5.41, 5.74) is 3.06. The van der Waals surface area contributed by atoms with Crippen LogP contribution in [0.1, 0.15) is 29.0 Å². The highest BCUT2D eigenvalue weighted by molar-refractivity contribution is 6.34. The van der Waals surface area contributed by atoms with Crippen LogP contribution in [-0.4, -0.2) is 19.2 Å². The van der Waals surface area contributed by atoms with E-state index in [1.54, 1.807) is 12.1 Å². The van der Waals surface area contributed by atoms with Crippen LogP contribution in [0.25, 0.3) is 0 Å². The van der Waals surface area contributed by atoms with Crippen LogP contribution in [0.4, 0.5) is 4.39 Å². The Morgan fingerprint density at radius 1 is 1.17 bits per heavy atom. The van der Waals surface area contributed by atoms with E-state index in [-0.39, 0.29) is 17.8 Å². The molecule has 24 heavy (non-hydrogen) atoms. The Hall–Kier alpha value is -1.13. The summed E-state index contributed by atoms with van der Waals surface area (Å²) >= 11 is 12.1. The number of piperidine rings is 1. The lowest BCUT2D eigenvalue weighted by atomic mass is 9.86. The van der Waals surface area contributed by atoms with Crippen molar-refractivity contribution in [3.8, 4) is 0 Å². The predicted octanol–water partition coefficient (Wildman–Crippen LogP) is 5.10. The molecule has 0 radical (unpaired) electrons. The third kappa shape index (κ3) is 4.28. The fraction of sp³-hybridized carbons (Fsp3) is 0.368. The second kappa shape index (κ2) is 7.83. The first-order valence-electron chi connectivity index (χ1n) is 8.06. The number of nitrogens with one attached hydrogen (secondary N) is 1. The molecule has 3 rings (SSSR count). The summed E-state index contributed by atoms with van der Waals surface area (Å²) in [5.74, 6) is 0.0000578. The summed E-state index contributed by atoms with van der Waals surface area (Å²) in [6.45, 7) is 4.15. The van der Waals surface area contributed by atoms with Gasteiger partial charge in [0.25, 0.3) is 0 Å². The Morgan fingerprint density at radius 3 is 2.62 bits per heavy atom. The van der Waals surface area contributed by atoms with Crippen molar-refractivity contribution in [2.45, 2.75) is 32.0 Å². The summed E-state index contributed by atoms with van der Waals surface area (Å²) < 4.78 is 19.6. The molecule has 0 spiro atoms. The lowest BCUT2D eigenvalue weighted by Crippen LogP contribution is -2.40. The largest absolute Gasteiger partial charge is 0.373 e. The topological polar surface area (TPSA) is 21.3 Å². The zero-order valence-electron chi connectivity index (χ0n) is 13.5. The van der Waals surface area contributed by atoms with Gasteiger partial charge >= 0.3 is 0 Å². The Balaban J connectivity index is 1.74. The SMILES string of the molecule is Cc1cc(F)ccc1C1CNCCC1OCc1cc(Cl)cc(Cl)c1. The van der Waals surface area contributed by atoms with Crippen molar-refractivity contribution in [3.05, 3.63) is 69.0 Å². The molecule has 2 nitrogen and oxygen atoms in total. The minimum atomic E-state index is -0.203. The second-order valence-corrected chi connectivity index (χ2v) is 7.10. The molecular weight excluding hydrogens is 348 g/mol. The number of hydrogen-bond acceptors (Lipinski definition) is 2. The van der Waals surface area contributed by atoms with Crippen molar-refractivity contribution in [2.75, 3.05) is 13.1 Å². The predicted molar refractivity (Wildman–Crippen MR) is 96.4 cm³/mol. The summed E-state index contributed by atoms with van der Waals surface area (Å²) in [4.78, 5) is 0. The van der Waals surface area contributed by atoms with Crippen LogP contribution in [0, 0.1) is 12.7 Å². The minimum Gasteiger partial charge on any atom is -0.373 e. The highest BCUT2D eigenvalue weighted by Gasteiger charge is 2.28. The zero-order chi connectivity index (χ0) is 17.1. The lowest BCUT2D eigenvalue weighted by Gasteiger charge is -2.33. The molecule has 0 amide bonds. The van der Waals surface area contributed by atoms with E-state index in [1.807, 2.05) is 25.1 Å². The third-order valence-electron chi connectivity index (χ3n) is 4.44. The van der Waals surface area contributed by atoms with Crippen LogP contribution in [0.5, 0.6) is 0 Å². The van der Waals surface area contributed by atoms with Gasteiger partial charge in [0, 0.05) is 22.5 Å². The van der Waals surface area contributed by atoms with E-state index in [0.29, 0.717) is 16.7 Å². The van der Waals surface area contributed by atoms with E-state index >= 15 is 0 Å². The molecule has 0 saturated carbocycles. The van der Waals surface area contributed by atoms with Gasteiger partial charge in [-0.25, -0.2) is 4.39 Å². The monoisotopic (exact) mass is 367 g/mol. The van der Waals surface area contributed by atoms with Crippen LogP contribution in [0.3, 0.4) is 0 Å². The van der Waals surface area contributed by atoms with Gasteiger partial charge in [-0.05, 0) is 66.9 Å². The fourth-order valence-electron chi connectivity index (χ4n) is 3.30. The van der Waals surface area contributed by atoms with E-state index in [9.17, 15) is 4.39 Å². The number of benzene rings is 2. The van der Waals surface area contributed by atoms with Crippen molar-refractivity contribution in [1.82, 2.24) is 5.32 Å². The maximum Gasteiger partial charge on any atom is 0.123 e. The molecule has 128 valence electrons. The van der Waals surface area contributed by atoms with E-state index in [2.05, 4.69) is 5.32 Å². The first-order chi connectivity index (χ1) is 11.5. The Kier molecular flexibility index (Phi) is 5.77. The van der Waals surface area contributed by atoms with Gasteiger partial charge in [0.15, 0.2) is 0 Å². The molecule has 2 unspecified atom stereocenters. The molecule has 1 fully saturated rings. The molecule has 5 heteroatoms. The van der Waals surface area contributed by atoms with Crippen LogP contribution < -0.4 is 5.32 Å². The molecule has 2 aromatic carbocycles. The second-order valence-electron chi connectivity index (χ2n) is 6.23. The molecule has 1 N–H and O–H groups in total. The maximum absolute atomic E-state index is 13.4. The number of halogens is 3. The van der Waals surface area contributed by atoms with Crippen molar-refractivity contribution in [1.29, 1.82) is 0 Å². The minimum absolute atomic E-state index is 0.0770. The first kappa shape index (κ1) is 17.7. The zero-order valence-corrected chi connectivity index (χ0v) is 15.0. The van der Waals surface area contributed by atoms with Crippen LogP contribution >= 0.6 is 23.2 Å². The Bertz CT molecular complexity index is 702. The third-order valence-corrected chi connectivity index (χ3v) is 4.87. The average Bonchev–Trinajstić information content (AvgIpc) is 2.53. The van der Waals surface area contributed by atoms with Gasteiger partial charge in [0.1, 0.15) is 5.82 Å². The molecule has 0 bridgehead atoms. The molecule has 0 aliphatic carbocycles. The quantitative estimate of drug-likeness (QED) is 0.811. The van der Waals surface area contributed by atoms with Gasteiger partial charge < -0.3 is 10.1 Å². The molecular formula is C19H20Cl2FNO. The number of aryl methyl sites for hydroxylation is 1. The van der Waals surface area contributed by atoms with E-state index in [4.69, 9.17) is 27.9 Å². The van der Waals surface area contributed by atoms with Gasteiger partial charge in [-0.1, -0.05) is 29.3 Å². The lowest BCUT2D eigenvalue weighted by molar-refractivity contribution is 0.00678. The fourth-order valence-corrected chi connectivity index (χ4v) is 3.87. The van der Waals surface area contributed by atoms with Gasteiger partial charge in [-0.15, -0.1) is 0 Å². The van der Waals surface area contributed by atoms with Gasteiger partial charge in [-0.2, -0.15) is 0 Å². The number of hydrogen-bond donors (Lipinski definition) is 1. The van der Waals surface area contributed by atoms with Gasteiger partial charge in [0.05, 0.1) is 12.7 Å². The van der Waals surface area contributed by atoms with Crippen LogP contribution in [0.15, 0.2) is 36.4 Å². The van der Waals surface area contributed by atoms with E-state index in [1.165, 1.54) is 6.07 Å². The van der Waals surface area contributed by atoms with Crippen molar-refractivity contribution in [3.63, 3.8) is 0 Å². The maximum atomic E-state index is 13.4. The van der Waals surface area contributed by atoms with Crippen LogP contribution in [-0.2, 0) is 11.3 Å². The van der Waals surface area contributed by atoms with Crippen molar-refractivity contribution >= 4 is 23.2 Å². The Morgan fingerprint density at radius 2 is 1.92 bits per heavy atom. The summed E-state index contributed by atoms with van der Waals surface area (Å²) in [6.07, 6.45) is 0.989. The van der Waals surface area contributed by atoms with Crippen molar-refractivity contribution in [2.24, 2.45) is 0 Å². The normalized spacial score (nSPS) is 21.0. The summed E-state index contributed by atoms with van der Waals surface area (Å²) in [7, 11) is 0. The smallest absolute Gasteiger partial charge is 0.123 e. The number of ether oxygens (including phenoxy) is 1. The molecule has 2 aromatic rings. The van der Waals surface area contributed by atoms with E-state index in [0.717, 1.165) is 36.2 Å². The van der Waals surface area contributed by atoms with E-state index < -0.39 is 0 Å². The summed E-state index contributed by atoms with van der Waals surface area (Å²) in [5, 5.41) is 4.62. The van der Waals surface area contributed by atoms with Crippen LogP contribution in [0.2, 0.25) is 10.0 Å². The highest BCUT2D eigenvalue weighted by Crippen LogP contribution is 2.30. The summed E-state index contributed by atoms with van der Waals surface area (Å²) in [6, 6.07) is 10.4. The van der Waals surface area contributed by atoms with Crippen molar-refractivity contribution < 1.29 is 9.13 Å². The first-order valence-corrected chi connectivity index (χ1v) is 8.82. The molecule has 0 aromatic heterocycles. The molecule has 1 heterocycles. The van der Waals surface area contributed by atoms with Gasteiger partial charge in [0.2, 0.25) is 0 Å². The highest BCUT2D eigenvalue weighted by atomic mass is 35.5. The van der Waals surface area contributed by atoms with Gasteiger partial charge in [-0.3, -0.25) is 0 Å². The molecule has 1 aliphatic heterocycles. The molecule has 1 saturated heterocycles. The number of rotatable bonds is 4. The Labute approximate surface area is 151 Å². The average molecular weight is 368 g/mol. The molecule has 1 aliphatic rings. The molecule has 2 atom stereocenters. The standard InChI is InChI=1S/C19H20Cl2FNO/c1-12-6-16(22)2-3-17(12)18-10-23-5-4-19(18)24-11-13-7-14(20)9-15(21)8-13/h2-3,6-9,18-19,23H,4-5,10-11H2,1H3.